The van der Waals surface area contributed by atoms with Crippen LogP contribution in [0.15, 0.2) is 0 Å². The van der Waals surface area contributed by atoms with Crippen LogP contribution in [0.25, 0.3) is 0 Å². The van der Waals surface area contributed by atoms with E-state index in [1.165, 1.54) is 26.4 Å². The van der Waals surface area contributed by atoms with Crippen molar-refractivity contribution in [2.24, 2.45) is 23.7 Å². The van der Waals surface area contributed by atoms with E-state index in [-0.39, 0.29) is 18.1 Å². The number of piperidine rings is 1. The Balaban J connectivity index is 1.63. The second kappa shape index (κ2) is 15.5. The summed E-state index contributed by atoms with van der Waals surface area (Å²) in [6.45, 7) is 4.15. The Hall–Kier alpha value is -2.07. The third kappa shape index (κ3) is 9.29. The Morgan fingerprint density at radius 3 is 2.42 bits per heavy atom. The molecule has 0 aromatic heterocycles. The van der Waals surface area contributed by atoms with Gasteiger partial charge in [-0.1, -0.05) is 51.9 Å². The van der Waals surface area contributed by atoms with Crippen LogP contribution in [0.4, 0.5) is 9.59 Å². The molecule has 0 bridgehead atoms. The number of hydrogen-bond donors (Lipinski definition) is 4. The SMILES string of the molecule is COC(=O)NCCOC(C1CCCC(C)C1)C1CCCN(C(=O)NC(CC2CCCCC2)C(O)C(=O)O)C1. The monoisotopic (exact) mass is 539 g/mol. The first-order chi connectivity index (χ1) is 18.3. The third-order valence-electron chi connectivity index (χ3n) is 8.77. The van der Waals surface area contributed by atoms with E-state index in [2.05, 4.69) is 22.3 Å². The summed E-state index contributed by atoms with van der Waals surface area (Å²) in [6.07, 6.45) is 10.1. The number of carboxylic acids is 1. The molecule has 218 valence electrons. The van der Waals surface area contributed by atoms with Crippen LogP contribution in [-0.2, 0) is 14.3 Å². The standard InChI is InChI=1S/C28H49N3O7/c1-19-8-6-11-21(16-19)25(38-15-13-29-28(36)37-2)22-12-7-14-31(18-22)27(35)30-23(24(32)26(33)34)17-20-9-4-3-5-10-20/h19-25,32H,3-18H2,1-2H3,(H,29,36)(H,30,35)(H,33,34). The second-order valence-electron chi connectivity index (χ2n) is 11.7. The first-order valence-electron chi connectivity index (χ1n) is 14.7. The van der Waals surface area contributed by atoms with E-state index in [0.29, 0.717) is 50.4 Å². The lowest BCUT2D eigenvalue weighted by Crippen LogP contribution is -2.55. The number of rotatable bonds is 11. The minimum Gasteiger partial charge on any atom is -0.479 e. The highest BCUT2D eigenvalue weighted by Gasteiger charge is 2.38. The number of aliphatic hydroxyl groups excluding tert-OH is 1. The van der Waals surface area contributed by atoms with Crippen LogP contribution in [0, 0.1) is 23.7 Å². The molecule has 3 fully saturated rings. The van der Waals surface area contributed by atoms with E-state index in [1.54, 1.807) is 4.90 Å². The minimum absolute atomic E-state index is 0.0181. The number of ether oxygens (including phenoxy) is 2. The average molecular weight is 540 g/mol. The number of carbonyl (C=O) groups is 3. The van der Waals surface area contributed by atoms with Gasteiger partial charge in [0, 0.05) is 25.6 Å². The van der Waals surface area contributed by atoms with Crippen LogP contribution in [0.3, 0.4) is 0 Å². The second-order valence-corrected chi connectivity index (χ2v) is 11.7. The van der Waals surface area contributed by atoms with Crippen molar-refractivity contribution in [1.29, 1.82) is 0 Å². The van der Waals surface area contributed by atoms with Gasteiger partial charge in [0.25, 0.3) is 0 Å². The number of amides is 3. The van der Waals surface area contributed by atoms with Gasteiger partial charge >= 0.3 is 18.1 Å². The molecule has 2 aliphatic carbocycles. The lowest BCUT2D eigenvalue weighted by atomic mass is 9.74. The van der Waals surface area contributed by atoms with Gasteiger partial charge < -0.3 is 35.2 Å². The van der Waals surface area contributed by atoms with E-state index < -0.39 is 24.2 Å². The van der Waals surface area contributed by atoms with Gasteiger partial charge in [-0.3, -0.25) is 0 Å². The molecule has 1 aliphatic heterocycles. The van der Waals surface area contributed by atoms with Crippen LogP contribution < -0.4 is 10.6 Å². The summed E-state index contributed by atoms with van der Waals surface area (Å²) in [5.74, 6) is 0.209. The summed E-state index contributed by atoms with van der Waals surface area (Å²) in [7, 11) is 1.33. The van der Waals surface area contributed by atoms with E-state index >= 15 is 0 Å². The molecule has 10 nitrogen and oxygen atoms in total. The summed E-state index contributed by atoms with van der Waals surface area (Å²) in [4.78, 5) is 38.2. The summed E-state index contributed by atoms with van der Waals surface area (Å²) in [5, 5.41) is 25.4. The van der Waals surface area contributed by atoms with Gasteiger partial charge in [-0.05, 0) is 49.9 Å². The Kier molecular flexibility index (Phi) is 12.4. The molecule has 2 saturated carbocycles. The van der Waals surface area contributed by atoms with Gasteiger partial charge in [-0.25, -0.2) is 14.4 Å². The fourth-order valence-corrected chi connectivity index (χ4v) is 6.79. The van der Waals surface area contributed by atoms with Crippen LogP contribution in [0.5, 0.6) is 0 Å². The summed E-state index contributed by atoms with van der Waals surface area (Å²) in [5.41, 5.74) is 0. The fourth-order valence-electron chi connectivity index (χ4n) is 6.79. The molecule has 3 amide bonds. The van der Waals surface area contributed by atoms with Crippen LogP contribution >= 0.6 is 0 Å². The highest BCUT2D eigenvalue weighted by atomic mass is 16.5. The maximum Gasteiger partial charge on any atom is 0.406 e. The third-order valence-corrected chi connectivity index (χ3v) is 8.77. The van der Waals surface area contributed by atoms with E-state index in [0.717, 1.165) is 51.4 Å². The molecule has 1 heterocycles. The smallest absolute Gasteiger partial charge is 0.406 e. The zero-order valence-electron chi connectivity index (χ0n) is 23.2. The maximum atomic E-state index is 13.4. The predicted molar refractivity (Wildman–Crippen MR) is 143 cm³/mol. The molecule has 0 radical (unpaired) electrons. The fraction of sp³-hybridized carbons (Fsp3) is 0.893. The number of carboxylic acid groups (broad SMARTS) is 1. The van der Waals surface area contributed by atoms with E-state index in [9.17, 15) is 24.6 Å². The molecule has 4 N–H and O–H groups in total. The van der Waals surface area contributed by atoms with Gasteiger partial charge in [0.1, 0.15) is 0 Å². The highest BCUT2D eigenvalue weighted by Crippen LogP contribution is 2.37. The van der Waals surface area contributed by atoms with Crippen LogP contribution in [0.2, 0.25) is 0 Å². The Bertz CT molecular complexity index is 761. The molecule has 1 saturated heterocycles. The number of alkyl carbamates (subject to hydrolysis) is 1. The van der Waals surface area contributed by atoms with Crippen molar-refractivity contribution in [3.63, 3.8) is 0 Å². The van der Waals surface area contributed by atoms with Crippen molar-refractivity contribution in [2.45, 2.75) is 102 Å². The van der Waals surface area contributed by atoms with Crippen molar-refractivity contribution in [3.05, 3.63) is 0 Å². The van der Waals surface area contributed by atoms with Gasteiger partial charge in [0.15, 0.2) is 6.10 Å². The highest BCUT2D eigenvalue weighted by molar-refractivity contribution is 5.77. The first kappa shape index (κ1) is 30.5. The zero-order valence-corrected chi connectivity index (χ0v) is 23.2. The molecule has 0 spiro atoms. The molecular formula is C28H49N3O7. The number of nitrogens with zero attached hydrogens (tertiary/aromatic N) is 1. The Morgan fingerprint density at radius 1 is 1.00 bits per heavy atom. The lowest BCUT2D eigenvalue weighted by molar-refractivity contribution is -0.148. The van der Waals surface area contributed by atoms with Crippen molar-refractivity contribution < 1.29 is 34.1 Å². The number of methoxy groups -OCH3 is 1. The molecule has 0 aromatic rings. The number of urea groups is 1. The largest absolute Gasteiger partial charge is 0.479 e. The van der Waals surface area contributed by atoms with Crippen molar-refractivity contribution in [2.75, 3.05) is 33.4 Å². The number of hydrogen-bond acceptors (Lipinski definition) is 6. The molecule has 6 atom stereocenters. The Morgan fingerprint density at radius 2 is 1.74 bits per heavy atom. The van der Waals surface area contributed by atoms with Gasteiger partial charge in [0.05, 0.1) is 25.9 Å². The summed E-state index contributed by atoms with van der Waals surface area (Å²) in [6, 6.07) is -1.11. The summed E-state index contributed by atoms with van der Waals surface area (Å²) >= 11 is 0. The van der Waals surface area contributed by atoms with E-state index in [1.807, 2.05) is 0 Å². The van der Waals surface area contributed by atoms with Gasteiger partial charge in [-0.2, -0.15) is 0 Å². The summed E-state index contributed by atoms with van der Waals surface area (Å²) < 4.78 is 11.0. The van der Waals surface area contributed by atoms with E-state index in [4.69, 9.17) is 4.74 Å². The van der Waals surface area contributed by atoms with Crippen molar-refractivity contribution in [1.82, 2.24) is 15.5 Å². The molecule has 0 aromatic carbocycles. The van der Waals surface area contributed by atoms with Crippen molar-refractivity contribution >= 4 is 18.1 Å². The normalized spacial score (nSPS) is 27.1. The van der Waals surface area contributed by atoms with Gasteiger partial charge in [-0.15, -0.1) is 0 Å². The number of carbonyl (C=O) groups excluding carboxylic acids is 2. The maximum absolute atomic E-state index is 13.4. The zero-order chi connectivity index (χ0) is 27.5. The quantitative estimate of drug-likeness (QED) is 0.293. The molecule has 10 heteroatoms. The molecule has 3 rings (SSSR count). The van der Waals surface area contributed by atoms with Crippen molar-refractivity contribution in [3.8, 4) is 0 Å². The Labute approximate surface area is 227 Å². The molecule has 38 heavy (non-hydrogen) atoms. The minimum atomic E-state index is -1.62. The van der Waals surface area contributed by atoms with Gasteiger partial charge in [0.2, 0.25) is 0 Å². The topological polar surface area (TPSA) is 137 Å². The number of likely N-dealkylation sites (tertiary alicyclic amines) is 1. The molecule has 6 unspecified atom stereocenters. The molecule has 3 aliphatic rings. The van der Waals surface area contributed by atoms with Crippen LogP contribution in [-0.4, -0.2) is 84.8 Å². The number of aliphatic carboxylic acids is 1. The number of aliphatic hydroxyl groups is 1. The lowest BCUT2D eigenvalue weighted by Gasteiger charge is -2.42. The predicted octanol–water partition coefficient (Wildman–Crippen LogP) is 3.76. The number of nitrogens with one attached hydrogen (secondary N) is 2. The first-order valence-corrected chi connectivity index (χ1v) is 14.7. The van der Waals surface area contributed by atoms with Crippen LogP contribution in [0.1, 0.15) is 84.0 Å². The molecular weight excluding hydrogens is 490 g/mol. The average Bonchev–Trinajstić information content (AvgIpc) is 2.92.